The molecule has 0 aliphatic carbocycles. The molecule has 0 radical (unpaired) electrons. The third-order valence-electron chi connectivity index (χ3n) is 6.37. The molecule has 2 heterocycles. The summed E-state index contributed by atoms with van der Waals surface area (Å²) in [5, 5.41) is 0.593. The average molecular weight is 408 g/mol. The molecule has 0 spiro atoms. The fourth-order valence-electron chi connectivity index (χ4n) is 4.47. The summed E-state index contributed by atoms with van der Waals surface area (Å²) < 4.78 is 15.9. The van der Waals surface area contributed by atoms with Crippen LogP contribution in [-0.4, -0.2) is 33.6 Å². The smallest absolute Gasteiger partial charge is 0.261 e. The summed E-state index contributed by atoms with van der Waals surface area (Å²) in [5.74, 6) is 0.966. The van der Waals surface area contributed by atoms with Crippen molar-refractivity contribution in [2.24, 2.45) is 5.92 Å². The molecule has 1 atom stereocenters. The van der Waals surface area contributed by atoms with E-state index in [0.29, 0.717) is 35.0 Å². The van der Waals surface area contributed by atoms with E-state index in [2.05, 4.69) is 18.7 Å². The number of hydrogen-bond donors (Lipinski definition) is 0. The first-order valence-electron chi connectivity index (χ1n) is 10.8. The monoisotopic (exact) mass is 407 g/mol. The molecular weight excluding hydrogens is 377 g/mol. The number of hydrogen-bond acceptors (Lipinski definition) is 3. The minimum Gasteiger partial charge on any atom is -0.301 e. The standard InChI is InChI=1S/C25H30FN3O/c1-16(2)28-11-5-6-19(14-28)15-29-18(4)27-24-10-9-20(12-22(24)25(29)30)21-8-7-17(3)23(26)13-21/h7-10,12-13,16,19H,5-6,11,14-15H2,1-4H3/t19-/m0/s1. The fourth-order valence-corrected chi connectivity index (χ4v) is 4.47. The summed E-state index contributed by atoms with van der Waals surface area (Å²) in [6.45, 7) is 11.0. The minimum absolute atomic E-state index is 0.00592. The lowest BCUT2D eigenvalue weighted by Gasteiger charge is -2.35. The SMILES string of the molecule is Cc1ccc(-c2ccc3nc(C)n(C[C@H]4CCCN(C(C)C)C4)c(=O)c3c2)cc1F. The molecule has 0 bridgehead atoms. The summed E-state index contributed by atoms with van der Waals surface area (Å²) in [4.78, 5) is 20.6. The second kappa shape index (κ2) is 8.31. The van der Waals surface area contributed by atoms with Gasteiger partial charge in [0, 0.05) is 19.1 Å². The van der Waals surface area contributed by atoms with Gasteiger partial charge in [0.1, 0.15) is 11.6 Å². The van der Waals surface area contributed by atoms with Gasteiger partial charge in [-0.3, -0.25) is 9.36 Å². The highest BCUT2D eigenvalue weighted by Crippen LogP contribution is 2.25. The van der Waals surface area contributed by atoms with E-state index in [0.717, 1.165) is 36.5 Å². The largest absolute Gasteiger partial charge is 0.301 e. The molecule has 1 aliphatic heterocycles. The molecule has 30 heavy (non-hydrogen) atoms. The van der Waals surface area contributed by atoms with Crippen LogP contribution in [0.5, 0.6) is 0 Å². The van der Waals surface area contributed by atoms with Gasteiger partial charge in [0.05, 0.1) is 10.9 Å². The van der Waals surface area contributed by atoms with Crippen LogP contribution in [0.4, 0.5) is 4.39 Å². The van der Waals surface area contributed by atoms with Gasteiger partial charge < -0.3 is 4.90 Å². The molecule has 1 aliphatic rings. The van der Waals surface area contributed by atoms with Crippen molar-refractivity contribution in [3.8, 4) is 11.1 Å². The Hall–Kier alpha value is -2.53. The van der Waals surface area contributed by atoms with Gasteiger partial charge in [-0.25, -0.2) is 9.37 Å². The highest BCUT2D eigenvalue weighted by Gasteiger charge is 2.23. The van der Waals surface area contributed by atoms with Gasteiger partial charge in [0.25, 0.3) is 5.56 Å². The van der Waals surface area contributed by atoms with E-state index >= 15 is 0 Å². The average Bonchev–Trinajstić information content (AvgIpc) is 2.73. The van der Waals surface area contributed by atoms with Gasteiger partial charge >= 0.3 is 0 Å². The van der Waals surface area contributed by atoms with Crippen molar-refractivity contribution in [3.05, 3.63) is 64.0 Å². The lowest BCUT2D eigenvalue weighted by atomic mass is 9.96. The molecule has 0 N–H and O–H groups in total. The van der Waals surface area contributed by atoms with E-state index in [1.54, 1.807) is 13.0 Å². The van der Waals surface area contributed by atoms with Crippen molar-refractivity contribution >= 4 is 10.9 Å². The van der Waals surface area contributed by atoms with E-state index in [1.165, 1.54) is 12.5 Å². The van der Waals surface area contributed by atoms with Gasteiger partial charge in [-0.1, -0.05) is 18.2 Å². The van der Waals surface area contributed by atoms with Crippen molar-refractivity contribution in [2.75, 3.05) is 13.1 Å². The van der Waals surface area contributed by atoms with Crippen LogP contribution < -0.4 is 5.56 Å². The highest BCUT2D eigenvalue weighted by molar-refractivity contribution is 5.83. The van der Waals surface area contributed by atoms with Crippen LogP contribution in [-0.2, 0) is 6.54 Å². The van der Waals surface area contributed by atoms with Gasteiger partial charge in [-0.05, 0) is 87.9 Å². The number of rotatable bonds is 4. The molecule has 1 saturated heterocycles. The molecule has 0 saturated carbocycles. The maximum Gasteiger partial charge on any atom is 0.261 e. The van der Waals surface area contributed by atoms with Gasteiger partial charge in [0.2, 0.25) is 0 Å². The molecule has 4 rings (SSSR count). The zero-order valence-electron chi connectivity index (χ0n) is 18.3. The van der Waals surface area contributed by atoms with Crippen LogP contribution in [0.3, 0.4) is 0 Å². The number of benzene rings is 2. The molecule has 1 aromatic heterocycles. The molecule has 158 valence electrons. The Morgan fingerprint density at radius 3 is 2.60 bits per heavy atom. The Kier molecular flexibility index (Phi) is 5.74. The molecule has 2 aromatic carbocycles. The van der Waals surface area contributed by atoms with Crippen LogP contribution in [0, 0.1) is 25.6 Å². The predicted octanol–water partition coefficient (Wildman–Crippen LogP) is 4.94. The Labute approximate surface area is 177 Å². The van der Waals surface area contributed by atoms with Crippen molar-refractivity contribution in [2.45, 2.75) is 53.1 Å². The van der Waals surface area contributed by atoms with E-state index in [1.807, 2.05) is 35.8 Å². The summed E-state index contributed by atoms with van der Waals surface area (Å²) in [6.07, 6.45) is 2.30. The number of fused-ring (bicyclic) bond motifs is 1. The predicted molar refractivity (Wildman–Crippen MR) is 120 cm³/mol. The van der Waals surface area contributed by atoms with Gasteiger partial charge in [0.15, 0.2) is 0 Å². The second-order valence-electron chi connectivity index (χ2n) is 8.87. The third-order valence-corrected chi connectivity index (χ3v) is 6.37. The summed E-state index contributed by atoms with van der Waals surface area (Å²) in [5.41, 5.74) is 2.90. The lowest BCUT2D eigenvalue weighted by molar-refractivity contribution is 0.129. The summed E-state index contributed by atoms with van der Waals surface area (Å²) in [7, 11) is 0. The van der Waals surface area contributed by atoms with Crippen LogP contribution in [0.1, 0.15) is 38.1 Å². The number of aryl methyl sites for hydroxylation is 2. The maximum absolute atomic E-state index is 14.0. The van der Waals surface area contributed by atoms with Crippen LogP contribution >= 0.6 is 0 Å². The van der Waals surface area contributed by atoms with E-state index < -0.39 is 0 Å². The van der Waals surface area contributed by atoms with Gasteiger partial charge in [-0.2, -0.15) is 0 Å². The molecule has 1 fully saturated rings. The summed E-state index contributed by atoms with van der Waals surface area (Å²) >= 11 is 0. The van der Waals surface area contributed by atoms with Crippen molar-refractivity contribution in [1.82, 2.24) is 14.5 Å². The molecule has 3 aromatic rings. The van der Waals surface area contributed by atoms with E-state index in [9.17, 15) is 9.18 Å². The highest BCUT2D eigenvalue weighted by atomic mass is 19.1. The Morgan fingerprint density at radius 2 is 1.87 bits per heavy atom. The lowest BCUT2D eigenvalue weighted by Crippen LogP contribution is -2.42. The molecule has 0 unspecified atom stereocenters. The van der Waals surface area contributed by atoms with E-state index in [-0.39, 0.29) is 11.4 Å². The van der Waals surface area contributed by atoms with Crippen LogP contribution in [0.25, 0.3) is 22.0 Å². The second-order valence-corrected chi connectivity index (χ2v) is 8.87. The van der Waals surface area contributed by atoms with Crippen molar-refractivity contribution < 1.29 is 4.39 Å². The van der Waals surface area contributed by atoms with Crippen molar-refractivity contribution in [3.63, 3.8) is 0 Å². The third kappa shape index (κ3) is 4.04. The molecular formula is C25H30FN3O. The Bertz CT molecular complexity index is 1140. The number of piperidine rings is 1. The molecule has 5 heteroatoms. The van der Waals surface area contributed by atoms with Crippen LogP contribution in [0.2, 0.25) is 0 Å². The fraction of sp³-hybridized carbons (Fsp3) is 0.440. The first-order valence-corrected chi connectivity index (χ1v) is 10.8. The normalized spacial score (nSPS) is 17.7. The summed E-state index contributed by atoms with van der Waals surface area (Å²) in [6, 6.07) is 11.3. The number of halogens is 1. The van der Waals surface area contributed by atoms with Gasteiger partial charge in [-0.15, -0.1) is 0 Å². The number of aromatic nitrogens is 2. The Balaban J connectivity index is 1.70. The minimum atomic E-state index is -0.237. The number of nitrogens with zero attached hydrogens (tertiary/aromatic N) is 3. The molecule has 4 nitrogen and oxygen atoms in total. The quantitative estimate of drug-likeness (QED) is 0.615. The Morgan fingerprint density at radius 1 is 1.13 bits per heavy atom. The first kappa shape index (κ1) is 20.7. The molecule has 0 amide bonds. The first-order chi connectivity index (χ1) is 14.3. The topological polar surface area (TPSA) is 38.1 Å². The zero-order chi connectivity index (χ0) is 21.4. The van der Waals surface area contributed by atoms with Crippen LogP contribution in [0.15, 0.2) is 41.2 Å². The number of likely N-dealkylation sites (tertiary alicyclic amines) is 1. The maximum atomic E-state index is 14.0. The van der Waals surface area contributed by atoms with E-state index in [4.69, 9.17) is 4.98 Å². The van der Waals surface area contributed by atoms with Crippen molar-refractivity contribution in [1.29, 1.82) is 0 Å². The zero-order valence-corrected chi connectivity index (χ0v) is 18.3.